The van der Waals surface area contributed by atoms with Crippen LogP contribution in [0.1, 0.15) is 77.2 Å². The maximum Gasteiger partial charge on any atom is 0.416 e. The summed E-state index contributed by atoms with van der Waals surface area (Å²) in [6.45, 7) is 5.34. The number of carboxylic acids is 1. The summed E-state index contributed by atoms with van der Waals surface area (Å²) in [5.74, 6) is -5.74. The summed E-state index contributed by atoms with van der Waals surface area (Å²) in [6.07, 6.45) is 2.55. The Morgan fingerprint density at radius 2 is 1.58 bits per heavy atom. The van der Waals surface area contributed by atoms with Crippen LogP contribution in [-0.4, -0.2) is 110 Å². The molecule has 83 heavy (non-hydrogen) atoms. The van der Waals surface area contributed by atoms with Crippen LogP contribution in [0, 0.1) is 24.4 Å². The van der Waals surface area contributed by atoms with Gasteiger partial charge in [-0.2, -0.15) is 36.2 Å². The van der Waals surface area contributed by atoms with Crippen LogP contribution in [0.5, 0.6) is 17.6 Å². The van der Waals surface area contributed by atoms with Gasteiger partial charge in [-0.05, 0) is 87.4 Å². The normalized spacial score (nSPS) is 11.7. The monoisotopic (exact) mass is 1260 g/mol. The van der Waals surface area contributed by atoms with Gasteiger partial charge in [-0.3, -0.25) is 14.5 Å². The highest BCUT2D eigenvalue weighted by molar-refractivity contribution is 7.92. The third kappa shape index (κ3) is 16.8. The molecule has 5 aromatic heterocycles. The quantitative estimate of drug-likeness (QED) is 0.0230. The molecule has 0 radical (unpaired) electrons. The van der Waals surface area contributed by atoms with Crippen LogP contribution >= 0.6 is 34.8 Å². The molecule has 33 heteroatoms. The van der Waals surface area contributed by atoms with Crippen LogP contribution in [0.15, 0.2) is 89.2 Å². The second kappa shape index (κ2) is 27.8. The van der Waals surface area contributed by atoms with E-state index in [0.717, 1.165) is 66.2 Å². The van der Waals surface area contributed by atoms with E-state index in [1.54, 1.807) is 23.1 Å². The smallest absolute Gasteiger partial charge is 0.416 e. The first-order chi connectivity index (χ1) is 38.8. The van der Waals surface area contributed by atoms with E-state index >= 15 is 0 Å². The van der Waals surface area contributed by atoms with Gasteiger partial charge in [0, 0.05) is 30.4 Å². The zero-order valence-electron chi connectivity index (χ0n) is 44.0. The molecular formula is C50H47Cl3F6N10O12S2. The van der Waals surface area contributed by atoms with Crippen LogP contribution in [0.2, 0.25) is 15.2 Å². The first-order valence-corrected chi connectivity index (χ1v) is 28.1. The van der Waals surface area contributed by atoms with Gasteiger partial charge in [-0.1, -0.05) is 60.6 Å². The highest BCUT2D eigenvalue weighted by Crippen LogP contribution is 2.35. The van der Waals surface area contributed by atoms with Gasteiger partial charge in [0.05, 0.1) is 51.3 Å². The van der Waals surface area contributed by atoms with Crippen molar-refractivity contribution in [3.05, 3.63) is 140 Å². The number of halogens is 9. The van der Waals surface area contributed by atoms with Gasteiger partial charge in [0.15, 0.2) is 33.6 Å². The third-order valence-electron chi connectivity index (χ3n) is 11.0. The molecule has 8 aromatic rings. The molecule has 5 heterocycles. The van der Waals surface area contributed by atoms with E-state index in [0.29, 0.717) is 39.2 Å². The van der Waals surface area contributed by atoms with Crippen molar-refractivity contribution in [1.29, 1.82) is 0 Å². The predicted molar refractivity (Wildman–Crippen MR) is 290 cm³/mol. The number of sulfone groups is 1. The largest absolute Gasteiger partial charge is 0.493 e. The summed E-state index contributed by atoms with van der Waals surface area (Å²) in [5, 5.41) is 26.2. The summed E-state index contributed by atoms with van der Waals surface area (Å²) >= 11 is 17.1. The number of alkyl halides is 3. The number of aromatic nitrogens is 8. The number of nitrogens with two attached hydrogens (primary N) is 1. The van der Waals surface area contributed by atoms with Crippen molar-refractivity contribution in [3.8, 4) is 17.6 Å². The van der Waals surface area contributed by atoms with Crippen molar-refractivity contribution in [2.45, 2.75) is 68.8 Å². The van der Waals surface area contributed by atoms with Gasteiger partial charge < -0.3 is 30.2 Å². The Hall–Kier alpha value is -8.06. The lowest BCUT2D eigenvalue weighted by Gasteiger charge is -2.14. The van der Waals surface area contributed by atoms with E-state index in [9.17, 15) is 62.7 Å². The highest BCUT2D eigenvalue weighted by Gasteiger charge is 2.34. The zero-order chi connectivity index (χ0) is 61.9. The number of nitrogen functional groups attached to an aromatic ring is 1. The molecule has 8 rings (SSSR count). The molecule has 0 aliphatic heterocycles. The number of carbonyl (C=O) groups is 3. The number of carbonyl (C=O) groups excluding carboxylic acids is 2. The summed E-state index contributed by atoms with van der Waals surface area (Å²) in [6, 6.07) is 12.8. The number of aryl methyl sites for hydroxylation is 2. The highest BCUT2D eigenvalue weighted by atomic mass is 35.5. The lowest BCUT2D eigenvalue weighted by Crippen LogP contribution is -2.20. The molecule has 1 atom stereocenters. The molecule has 0 aliphatic rings. The van der Waals surface area contributed by atoms with Crippen molar-refractivity contribution in [3.63, 3.8) is 0 Å². The fourth-order valence-electron chi connectivity index (χ4n) is 7.10. The van der Waals surface area contributed by atoms with E-state index in [4.69, 9.17) is 59.9 Å². The predicted octanol–water partition coefficient (Wildman–Crippen LogP) is 9.89. The minimum Gasteiger partial charge on any atom is -0.493 e. The first-order valence-electron chi connectivity index (χ1n) is 23.6. The van der Waals surface area contributed by atoms with Gasteiger partial charge in [0.25, 0.3) is 15.2 Å². The third-order valence-corrected chi connectivity index (χ3v) is 14.2. The molecule has 1 unspecified atom stereocenters. The molecule has 444 valence electrons. The number of fused-ring (bicyclic) bond motifs is 2. The first kappa shape index (κ1) is 65.7. The lowest BCUT2D eigenvalue weighted by atomic mass is 10.0. The minimum absolute atomic E-state index is 0.00861. The molecule has 0 saturated heterocycles. The average Bonchev–Trinajstić information content (AvgIpc) is 4.25. The summed E-state index contributed by atoms with van der Waals surface area (Å²) in [4.78, 5) is 49.0. The Bertz CT molecular complexity index is 3930. The SMILES string of the molecule is CCCCCC(C)OC(=O)COc1ccc(Cl)c2cccnc12.COc1ncc(F)c2nc(S(=O)(=O)Nc3c(F)cccc3F)nn12.Cc1nn(C)c(O)c1C(=O)c1ccc(C(F)(F)F)cc1S(C)(=O)=O.Nc1cc(Cl)nc(C(=O)O)c1Cl. The van der Waals surface area contributed by atoms with E-state index in [2.05, 4.69) is 37.1 Å². The second-order valence-corrected chi connectivity index (χ2v) is 21.9. The number of methoxy groups -OCH3 is 1. The topological polar surface area (TPSA) is 312 Å². The van der Waals surface area contributed by atoms with Crippen molar-refractivity contribution in [2.24, 2.45) is 7.05 Å². The van der Waals surface area contributed by atoms with Crippen LogP contribution < -0.4 is 19.9 Å². The number of carboxylic acid groups (broad SMARTS) is 1. The number of benzene rings is 3. The lowest BCUT2D eigenvalue weighted by molar-refractivity contribution is -0.151. The Labute approximate surface area is 483 Å². The number of para-hydroxylation sites is 1. The Morgan fingerprint density at radius 1 is 0.904 bits per heavy atom. The standard InChI is InChI=1S/C18H22ClNO3.C14H13F3N2O4S.C12H8F3N5O3S.C6H4Cl2N2O2/c1-3-4-5-7-13(2)23-17(21)12-22-16-10-9-15(19)14-8-6-11-20-18(14)16;1-7-11(13(21)19(2)18-7)12(20)9-5-4-8(14(15,16)17)6-10(9)24(3,22)23;1-23-12-16-5-8(15)10-17-11(18-20(10)12)24(21,22)19-9-6(13)3-2-4-7(9)14;7-3-1-2(9)4(8)5(10-3)6(11)12/h6,8-11,13H,3-5,7,12H2,1-2H3;4-6,21H,1-3H3;2-5,19H,1H3;1H,(H2,9,10)(H,11,12). The molecule has 0 saturated carbocycles. The van der Waals surface area contributed by atoms with Gasteiger partial charge >= 0.3 is 24.1 Å². The average molecular weight is 1260 g/mol. The van der Waals surface area contributed by atoms with E-state index in [1.165, 1.54) is 27.1 Å². The number of anilines is 2. The Morgan fingerprint density at radius 3 is 2.17 bits per heavy atom. The Balaban J connectivity index is 0.000000208. The number of rotatable bonds is 16. The fraction of sp³-hybridized carbons (Fsp3) is 0.260. The van der Waals surface area contributed by atoms with Gasteiger partial charge in [-0.25, -0.2) is 45.8 Å². The summed E-state index contributed by atoms with van der Waals surface area (Å²) < 4.78 is 147. The molecule has 0 bridgehead atoms. The number of pyridine rings is 2. The number of aromatic hydroxyl groups is 1. The van der Waals surface area contributed by atoms with Crippen molar-refractivity contribution >= 4 is 100 Å². The van der Waals surface area contributed by atoms with Crippen LogP contribution in [0.3, 0.4) is 0 Å². The van der Waals surface area contributed by atoms with Crippen molar-refractivity contribution < 1.29 is 82.0 Å². The molecule has 0 spiro atoms. The number of ether oxygens (including phenoxy) is 3. The molecular weight excluding hydrogens is 1220 g/mol. The molecule has 0 amide bonds. The molecule has 3 aromatic carbocycles. The zero-order valence-corrected chi connectivity index (χ0v) is 47.9. The summed E-state index contributed by atoms with van der Waals surface area (Å²) in [7, 11) is -6.13. The number of hydrogen-bond donors (Lipinski definition) is 4. The van der Waals surface area contributed by atoms with Crippen LogP contribution in [0.4, 0.5) is 37.7 Å². The van der Waals surface area contributed by atoms with Gasteiger partial charge in [-0.15, -0.1) is 5.10 Å². The van der Waals surface area contributed by atoms with Crippen molar-refractivity contribution in [2.75, 3.05) is 30.4 Å². The number of hydrogen-bond acceptors (Lipinski definition) is 18. The maximum atomic E-state index is 13.7. The number of esters is 1. The number of ketones is 1. The van der Waals surface area contributed by atoms with E-state index < -0.39 is 93.6 Å². The van der Waals surface area contributed by atoms with Gasteiger partial charge in [0.1, 0.15) is 39.3 Å². The number of nitrogens with one attached hydrogen (secondary N) is 1. The second-order valence-electron chi connectivity index (χ2n) is 17.2. The van der Waals surface area contributed by atoms with E-state index in [1.807, 2.05) is 19.1 Å². The Kier molecular flexibility index (Phi) is 22.0. The number of aromatic carboxylic acids is 1. The van der Waals surface area contributed by atoms with E-state index in [-0.39, 0.29) is 57.5 Å². The minimum atomic E-state index is -4.76. The molecule has 5 N–H and O–H groups in total. The van der Waals surface area contributed by atoms with Gasteiger partial charge in [0.2, 0.25) is 11.7 Å². The molecule has 0 fully saturated rings. The molecule has 0 aliphatic carbocycles. The maximum absolute atomic E-state index is 13.7. The number of nitrogens with zero attached hydrogens (tertiary/aromatic N) is 8. The summed E-state index contributed by atoms with van der Waals surface area (Å²) in [5.41, 5.74) is 2.59. The number of unbranched alkanes of at least 4 members (excludes halogenated alkanes) is 2. The fourth-order valence-corrected chi connectivity index (χ4v) is 9.54. The van der Waals surface area contributed by atoms with Crippen LogP contribution in [0.25, 0.3) is 16.6 Å². The van der Waals surface area contributed by atoms with Crippen LogP contribution in [-0.2, 0) is 42.6 Å². The molecule has 22 nitrogen and oxygen atoms in total. The number of sulfonamides is 1. The van der Waals surface area contributed by atoms with Crippen molar-refractivity contribution in [1.82, 2.24) is 39.3 Å².